The number of hydrogen-bond acceptors (Lipinski definition) is 4. The lowest BCUT2D eigenvalue weighted by Crippen LogP contribution is -2.35. The van der Waals surface area contributed by atoms with Gasteiger partial charge in [-0.3, -0.25) is 0 Å². The Labute approximate surface area is 177 Å². The maximum Gasteiger partial charge on any atom is 0.338 e. The van der Waals surface area contributed by atoms with E-state index < -0.39 is 11.9 Å². The van der Waals surface area contributed by atoms with E-state index in [1.807, 2.05) is 0 Å². The molecule has 0 saturated heterocycles. The lowest BCUT2D eigenvalue weighted by Gasteiger charge is -2.36. The molecule has 0 aromatic heterocycles. The predicted molar refractivity (Wildman–Crippen MR) is 115 cm³/mol. The third-order valence-corrected chi connectivity index (χ3v) is 6.86. The van der Waals surface area contributed by atoms with Gasteiger partial charge in [-0.05, 0) is 61.2 Å². The SMILES string of the molecule is CC(C)[C@H]1CC[C@H](C)C[C@@H]1OC(=O)C=C=CC(=O)O[C@H]1C[C@@H](C)CC[C@@H]1C(C)C. The van der Waals surface area contributed by atoms with Crippen molar-refractivity contribution >= 4 is 11.9 Å². The molecule has 4 nitrogen and oxygen atoms in total. The minimum Gasteiger partial charge on any atom is -0.458 e. The molecule has 4 heteroatoms. The van der Waals surface area contributed by atoms with Crippen LogP contribution < -0.4 is 0 Å². The van der Waals surface area contributed by atoms with Gasteiger partial charge in [-0.25, -0.2) is 9.59 Å². The van der Waals surface area contributed by atoms with Crippen molar-refractivity contribution < 1.29 is 19.1 Å². The molecular formula is C25H40O4. The Hall–Kier alpha value is -1.54. The largest absolute Gasteiger partial charge is 0.458 e. The van der Waals surface area contributed by atoms with E-state index in [4.69, 9.17) is 9.47 Å². The predicted octanol–water partition coefficient (Wildman–Crippen LogP) is 5.71. The van der Waals surface area contributed by atoms with E-state index in [2.05, 4.69) is 47.3 Å². The monoisotopic (exact) mass is 404 g/mol. The molecule has 0 aliphatic heterocycles. The molecule has 0 heterocycles. The zero-order valence-electron chi connectivity index (χ0n) is 19.1. The van der Waals surface area contributed by atoms with Crippen molar-refractivity contribution in [2.24, 2.45) is 35.5 Å². The summed E-state index contributed by atoms with van der Waals surface area (Å²) in [7, 11) is 0. The first kappa shape index (κ1) is 23.7. The number of hydrogen-bond donors (Lipinski definition) is 0. The molecule has 2 saturated carbocycles. The number of rotatable bonds is 6. The van der Waals surface area contributed by atoms with Gasteiger partial charge in [-0.1, -0.05) is 54.4 Å². The van der Waals surface area contributed by atoms with Crippen molar-refractivity contribution in [2.75, 3.05) is 0 Å². The van der Waals surface area contributed by atoms with E-state index >= 15 is 0 Å². The molecular weight excluding hydrogens is 364 g/mol. The van der Waals surface area contributed by atoms with Crippen LogP contribution in [0.15, 0.2) is 17.9 Å². The van der Waals surface area contributed by atoms with Crippen LogP contribution in [-0.2, 0) is 19.1 Å². The summed E-state index contributed by atoms with van der Waals surface area (Å²) >= 11 is 0. The normalized spacial score (nSPS) is 32.4. The Morgan fingerprint density at radius 1 is 0.759 bits per heavy atom. The van der Waals surface area contributed by atoms with Crippen molar-refractivity contribution in [3.05, 3.63) is 17.9 Å². The van der Waals surface area contributed by atoms with Crippen molar-refractivity contribution in [1.29, 1.82) is 0 Å². The van der Waals surface area contributed by atoms with Crippen molar-refractivity contribution in [3.63, 3.8) is 0 Å². The first-order valence-corrected chi connectivity index (χ1v) is 11.5. The molecule has 0 amide bonds. The molecule has 0 unspecified atom stereocenters. The van der Waals surface area contributed by atoms with Gasteiger partial charge < -0.3 is 9.47 Å². The fraction of sp³-hybridized carbons (Fsp3) is 0.800. The van der Waals surface area contributed by atoms with Gasteiger partial charge in [-0.15, -0.1) is 5.73 Å². The van der Waals surface area contributed by atoms with Crippen LogP contribution in [0.2, 0.25) is 0 Å². The smallest absolute Gasteiger partial charge is 0.338 e. The Kier molecular flexibility index (Phi) is 9.02. The maximum atomic E-state index is 12.2. The molecule has 2 rings (SSSR count). The van der Waals surface area contributed by atoms with E-state index in [1.165, 1.54) is 25.0 Å². The lowest BCUT2D eigenvalue weighted by molar-refractivity contribution is -0.150. The van der Waals surface area contributed by atoms with Crippen LogP contribution in [0.4, 0.5) is 0 Å². The molecule has 2 aliphatic rings. The quantitative estimate of drug-likeness (QED) is 0.323. The molecule has 0 radical (unpaired) electrons. The van der Waals surface area contributed by atoms with E-state index in [1.54, 1.807) is 0 Å². The Balaban J connectivity index is 1.90. The summed E-state index contributed by atoms with van der Waals surface area (Å²) < 4.78 is 11.4. The Morgan fingerprint density at radius 3 is 1.48 bits per heavy atom. The van der Waals surface area contributed by atoms with Crippen LogP contribution in [0.1, 0.15) is 80.1 Å². The van der Waals surface area contributed by atoms with E-state index in [9.17, 15) is 9.59 Å². The van der Waals surface area contributed by atoms with Crippen LogP contribution in [0.5, 0.6) is 0 Å². The van der Waals surface area contributed by atoms with Crippen molar-refractivity contribution in [2.45, 2.75) is 92.3 Å². The summed E-state index contributed by atoms with van der Waals surface area (Å²) in [5.41, 5.74) is 2.68. The highest BCUT2D eigenvalue weighted by Gasteiger charge is 2.34. The molecule has 2 fully saturated rings. The van der Waals surface area contributed by atoms with Gasteiger partial charge in [-0.2, -0.15) is 0 Å². The zero-order chi connectivity index (χ0) is 21.6. The summed E-state index contributed by atoms with van der Waals surface area (Å²) in [5.74, 6) is 2.07. The third kappa shape index (κ3) is 7.33. The molecule has 0 spiro atoms. The minimum absolute atomic E-state index is 0.0493. The number of carbonyl (C=O) groups excluding carboxylic acids is 2. The average Bonchev–Trinajstić information content (AvgIpc) is 2.61. The zero-order valence-corrected chi connectivity index (χ0v) is 19.1. The molecule has 164 valence electrons. The molecule has 6 atom stereocenters. The molecule has 0 N–H and O–H groups in total. The number of ether oxygens (including phenoxy) is 2. The molecule has 2 aliphatic carbocycles. The van der Waals surface area contributed by atoms with Gasteiger partial charge in [0.25, 0.3) is 0 Å². The topological polar surface area (TPSA) is 52.6 Å². The van der Waals surface area contributed by atoms with E-state index in [0.717, 1.165) is 25.7 Å². The second kappa shape index (κ2) is 11.0. The fourth-order valence-corrected chi connectivity index (χ4v) is 5.04. The summed E-state index contributed by atoms with van der Waals surface area (Å²) in [6.45, 7) is 13.2. The van der Waals surface area contributed by atoms with Crippen LogP contribution in [0.3, 0.4) is 0 Å². The van der Waals surface area contributed by atoms with Gasteiger partial charge in [0, 0.05) is 0 Å². The van der Waals surface area contributed by atoms with Gasteiger partial charge in [0.2, 0.25) is 0 Å². The minimum atomic E-state index is -0.426. The standard InChI is InChI=1S/C25H40O4/c1-16(2)20-12-10-18(5)14-22(20)28-24(26)8-7-9-25(27)29-23-15-19(6)11-13-21(23)17(3)4/h8-9,16-23H,10-15H2,1-6H3/t7?,18-,19-,20+,21+,22-,23-/m0/s1. The Bertz CT molecular complexity index is 564. The van der Waals surface area contributed by atoms with Crippen molar-refractivity contribution in [1.82, 2.24) is 0 Å². The Morgan fingerprint density at radius 2 is 1.14 bits per heavy atom. The lowest BCUT2D eigenvalue weighted by atomic mass is 9.75. The van der Waals surface area contributed by atoms with Crippen LogP contribution in [0.25, 0.3) is 0 Å². The second-order valence-corrected chi connectivity index (χ2v) is 10.1. The fourth-order valence-electron chi connectivity index (χ4n) is 5.04. The van der Waals surface area contributed by atoms with Gasteiger partial charge in [0.05, 0.1) is 12.2 Å². The molecule has 0 bridgehead atoms. The van der Waals surface area contributed by atoms with Crippen LogP contribution >= 0.6 is 0 Å². The van der Waals surface area contributed by atoms with Gasteiger partial charge in [0.1, 0.15) is 12.2 Å². The van der Waals surface area contributed by atoms with E-state index in [0.29, 0.717) is 35.5 Å². The average molecular weight is 405 g/mol. The first-order chi connectivity index (χ1) is 13.7. The number of esters is 2. The molecule has 29 heavy (non-hydrogen) atoms. The summed E-state index contributed by atoms with van der Waals surface area (Å²) in [6.07, 6.45) is 8.74. The molecule has 0 aromatic carbocycles. The molecule has 0 aromatic rings. The highest BCUT2D eigenvalue weighted by Crippen LogP contribution is 2.36. The highest BCUT2D eigenvalue weighted by atomic mass is 16.5. The van der Waals surface area contributed by atoms with Crippen molar-refractivity contribution in [3.8, 4) is 0 Å². The highest BCUT2D eigenvalue weighted by molar-refractivity contribution is 5.85. The second-order valence-electron chi connectivity index (χ2n) is 10.1. The van der Waals surface area contributed by atoms with Crippen LogP contribution in [0, 0.1) is 35.5 Å². The van der Waals surface area contributed by atoms with E-state index in [-0.39, 0.29) is 12.2 Å². The van der Waals surface area contributed by atoms with Gasteiger partial charge in [0.15, 0.2) is 0 Å². The van der Waals surface area contributed by atoms with Gasteiger partial charge >= 0.3 is 11.9 Å². The first-order valence-electron chi connectivity index (χ1n) is 11.5. The third-order valence-electron chi connectivity index (χ3n) is 6.86. The summed E-state index contributed by atoms with van der Waals surface area (Å²) in [5, 5.41) is 0. The summed E-state index contributed by atoms with van der Waals surface area (Å²) in [6, 6.07) is 0. The maximum absolute atomic E-state index is 12.2. The van der Waals surface area contributed by atoms with Crippen LogP contribution in [-0.4, -0.2) is 24.1 Å². The summed E-state index contributed by atoms with van der Waals surface area (Å²) in [4.78, 5) is 24.5. The number of carbonyl (C=O) groups is 2.